The number of cyclic esters (lactones) is 1. The standard InChI is InChI=1S/C14H11F6NO5/c15-13(16,17)12(14(18,19)20)25-9(10(22)26-12)6-21-11(23)24-7-8-4-2-1-3-5-8/h1-5,9H,6-7H2,(H,21,23)/t9-/m0/s1. The van der Waals surface area contributed by atoms with Crippen LogP contribution in [0.5, 0.6) is 0 Å². The van der Waals surface area contributed by atoms with Gasteiger partial charge in [0.1, 0.15) is 6.61 Å². The highest BCUT2D eigenvalue weighted by atomic mass is 19.4. The summed E-state index contributed by atoms with van der Waals surface area (Å²) >= 11 is 0. The van der Waals surface area contributed by atoms with E-state index in [0.29, 0.717) is 5.56 Å². The molecular formula is C14H11F6NO5. The van der Waals surface area contributed by atoms with Crippen LogP contribution in [0.25, 0.3) is 0 Å². The van der Waals surface area contributed by atoms with Crippen LogP contribution in [0.15, 0.2) is 30.3 Å². The highest BCUT2D eigenvalue weighted by Crippen LogP contribution is 2.50. The number of esters is 1. The van der Waals surface area contributed by atoms with Crippen molar-refractivity contribution in [2.75, 3.05) is 6.54 Å². The van der Waals surface area contributed by atoms with Crippen molar-refractivity contribution in [3.05, 3.63) is 35.9 Å². The Morgan fingerprint density at radius 1 is 1.12 bits per heavy atom. The van der Waals surface area contributed by atoms with Gasteiger partial charge in [-0.25, -0.2) is 9.59 Å². The number of nitrogens with one attached hydrogen (secondary N) is 1. The van der Waals surface area contributed by atoms with Gasteiger partial charge in [0.05, 0.1) is 6.54 Å². The quantitative estimate of drug-likeness (QED) is 0.635. The van der Waals surface area contributed by atoms with Crippen molar-refractivity contribution in [1.82, 2.24) is 5.32 Å². The number of carbonyl (C=O) groups is 2. The van der Waals surface area contributed by atoms with Crippen LogP contribution in [0.4, 0.5) is 31.1 Å². The van der Waals surface area contributed by atoms with Crippen molar-refractivity contribution in [1.29, 1.82) is 0 Å². The molecule has 0 radical (unpaired) electrons. The minimum atomic E-state index is -6.05. The maximum atomic E-state index is 12.7. The molecule has 1 amide bonds. The summed E-state index contributed by atoms with van der Waals surface area (Å²) in [6.45, 7) is -1.20. The first-order chi connectivity index (χ1) is 12.0. The van der Waals surface area contributed by atoms with Gasteiger partial charge in [-0.15, -0.1) is 0 Å². The topological polar surface area (TPSA) is 73.9 Å². The van der Waals surface area contributed by atoms with Crippen molar-refractivity contribution in [3.8, 4) is 0 Å². The lowest BCUT2D eigenvalue weighted by atomic mass is 10.2. The van der Waals surface area contributed by atoms with Crippen LogP contribution in [0.3, 0.4) is 0 Å². The zero-order valence-corrected chi connectivity index (χ0v) is 12.7. The minimum Gasteiger partial charge on any atom is -0.445 e. The largest absolute Gasteiger partial charge is 0.465 e. The van der Waals surface area contributed by atoms with Gasteiger partial charge in [0.15, 0.2) is 6.10 Å². The molecular weight excluding hydrogens is 376 g/mol. The third-order valence-electron chi connectivity index (χ3n) is 3.21. The molecule has 1 aromatic rings. The van der Waals surface area contributed by atoms with Gasteiger partial charge in [0, 0.05) is 0 Å². The molecule has 1 saturated heterocycles. The second-order valence-electron chi connectivity index (χ2n) is 5.08. The molecule has 1 fully saturated rings. The first-order valence-electron chi connectivity index (χ1n) is 6.95. The summed E-state index contributed by atoms with van der Waals surface area (Å²) in [4.78, 5) is 22.8. The van der Waals surface area contributed by atoms with Gasteiger partial charge in [-0.05, 0) is 5.56 Å². The van der Waals surface area contributed by atoms with E-state index in [4.69, 9.17) is 4.74 Å². The van der Waals surface area contributed by atoms with Crippen LogP contribution in [0.1, 0.15) is 5.56 Å². The molecule has 0 aromatic heterocycles. The zero-order valence-electron chi connectivity index (χ0n) is 12.7. The van der Waals surface area contributed by atoms with Gasteiger partial charge in [-0.2, -0.15) is 26.3 Å². The maximum Gasteiger partial charge on any atom is 0.465 e. The summed E-state index contributed by atoms with van der Waals surface area (Å²) in [6.07, 6.45) is -15.6. The molecule has 6 nitrogen and oxygen atoms in total. The van der Waals surface area contributed by atoms with Crippen molar-refractivity contribution >= 4 is 12.1 Å². The number of carbonyl (C=O) groups excluding carboxylic acids is 2. The molecule has 1 aliphatic rings. The van der Waals surface area contributed by atoms with Crippen LogP contribution in [0, 0.1) is 0 Å². The first kappa shape index (κ1) is 19.8. The molecule has 1 heterocycles. The molecule has 1 N–H and O–H groups in total. The fourth-order valence-corrected chi connectivity index (χ4v) is 1.97. The van der Waals surface area contributed by atoms with Crippen molar-refractivity contribution in [3.63, 3.8) is 0 Å². The van der Waals surface area contributed by atoms with Crippen LogP contribution < -0.4 is 5.32 Å². The SMILES string of the molecule is O=C(NC[C@@H]1OC(C(F)(F)F)(C(F)(F)F)OC1=O)OCc1ccccc1. The van der Waals surface area contributed by atoms with Crippen LogP contribution in [-0.2, 0) is 25.6 Å². The van der Waals surface area contributed by atoms with E-state index < -0.39 is 42.9 Å². The number of amides is 1. The van der Waals surface area contributed by atoms with Crippen molar-refractivity contribution in [2.24, 2.45) is 0 Å². The van der Waals surface area contributed by atoms with Gasteiger partial charge in [0.25, 0.3) is 0 Å². The molecule has 0 bridgehead atoms. The van der Waals surface area contributed by atoms with E-state index in [0.717, 1.165) is 0 Å². The monoisotopic (exact) mass is 387 g/mol. The molecule has 2 rings (SSSR count). The third-order valence-corrected chi connectivity index (χ3v) is 3.21. The van der Waals surface area contributed by atoms with E-state index in [1.54, 1.807) is 30.3 Å². The Balaban J connectivity index is 1.94. The summed E-state index contributed by atoms with van der Waals surface area (Å²) in [5, 5.41) is 1.84. The van der Waals surface area contributed by atoms with Gasteiger partial charge in [-0.1, -0.05) is 30.3 Å². The lowest BCUT2D eigenvalue weighted by molar-refractivity contribution is -0.439. The van der Waals surface area contributed by atoms with Gasteiger partial charge >= 0.3 is 30.2 Å². The lowest BCUT2D eigenvalue weighted by Gasteiger charge is -2.30. The number of hydrogen-bond donors (Lipinski definition) is 1. The van der Waals surface area contributed by atoms with E-state index in [1.165, 1.54) is 0 Å². The number of ether oxygens (including phenoxy) is 3. The average molecular weight is 387 g/mol. The Bertz CT molecular complexity index is 646. The van der Waals surface area contributed by atoms with E-state index in [-0.39, 0.29) is 6.61 Å². The second kappa shape index (κ2) is 7.02. The Labute approximate surface area is 142 Å². The van der Waals surface area contributed by atoms with Crippen LogP contribution >= 0.6 is 0 Å². The molecule has 1 aliphatic heterocycles. The highest BCUT2D eigenvalue weighted by Gasteiger charge is 2.80. The summed E-state index contributed by atoms with van der Waals surface area (Å²) < 4.78 is 88.4. The summed E-state index contributed by atoms with van der Waals surface area (Å²) in [5.41, 5.74) is 0.590. The van der Waals surface area contributed by atoms with Gasteiger partial charge in [-0.3, -0.25) is 0 Å². The Morgan fingerprint density at radius 3 is 2.19 bits per heavy atom. The Hall–Kier alpha value is -2.50. The molecule has 0 saturated carbocycles. The smallest absolute Gasteiger partial charge is 0.445 e. The maximum absolute atomic E-state index is 12.7. The van der Waals surface area contributed by atoms with E-state index in [1.807, 2.05) is 5.32 Å². The molecule has 0 unspecified atom stereocenters. The molecule has 12 heteroatoms. The summed E-state index contributed by atoms with van der Waals surface area (Å²) in [6, 6.07) is 8.26. The van der Waals surface area contributed by atoms with Gasteiger partial charge in [0.2, 0.25) is 0 Å². The Morgan fingerprint density at radius 2 is 1.69 bits per heavy atom. The first-order valence-corrected chi connectivity index (χ1v) is 6.95. The van der Waals surface area contributed by atoms with Crippen LogP contribution in [0.2, 0.25) is 0 Å². The molecule has 1 aromatic carbocycles. The van der Waals surface area contributed by atoms with Gasteiger partial charge < -0.3 is 19.5 Å². The fraction of sp³-hybridized carbons (Fsp3) is 0.429. The van der Waals surface area contributed by atoms with E-state index in [2.05, 4.69) is 9.47 Å². The number of alkyl carbamates (subject to hydrolysis) is 1. The highest BCUT2D eigenvalue weighted by molar-refractivity contribution is 5.78. The van der Waals surface area contributed by atoms with Crippen LogP contribution in [-0.4, -0.2) is 42.9 Å². The third kappa shape index (κ3) is 4.00. The number of benzene rings is 1. The molecule has 1 atom stereocenters. The predicted molar refractivity (Wildman–Crippen MR) is 70.4 cm³/mol. The van der Waals surface area contributed by atoms with Crippen molar-refractivity contribution < 1.29 is 50.1 Å². The summed E-state index contributed by atoms with van der Waals surface area (Å²) in [7, 11) is 0. The zero-order chi connectivity index (χ0) is 19.6. The average Bonchev–Trinajstić information content (AvgIpc) is 2.90. The van der Waals surface area contributed by atoms with E-state index >= 15 is 0 Å². The predicted octanol–water partition coefficient (Wildman–Crippen LogP) is 2.68. The Kier molecular flexibility index (Phi) is 5.35. The molecule has 0 aliphatic carbocycles. The normalized spacial score (nSPS) is 19.8. The fourth-order valence-electron chi connectivity index (χ4n) is 1.97. The number of hydrogen-bond acceptors (Lipinski definition) is 5. The van der Waals surface area contributed by atoms with E-state index in [9.17, 15) is 35.9 Å². The minimum absolute atomic E-state index is 0.197. The molecule has 26 heavy (non-hydrogen) atoms. The number of rotatable bonds is 4. The second-order valence-corrected chi connectivity index (χ2v) is 5.08. The van der Waals surface area contributed by atoms with Crippen molar-refractivity contribution in [2.45, 2.75) is 30.9 Å². The lowest BCUT2D eigenvalue weighted by Crippen LogP contribution is -2.58. The molecule has 0 spiro atoms. The number of halogens is 6. The number of alkyl halides is 6. The summed E-state index contributed by atoms with van der Waals surface area (Å²) in [5.74, 6) is -6.99. The molecule has 144 valence electrons.